The van der Waals surface area contributed by atoms with Crippen LogP contribution in [0.3, 0.4) is 0 Å². The highest BCUT2D eigenvalue weighted by molar-refractivity contribution is 5.50. The highest BCUT2D eigenvalue weighted by Crippen LogP contribution is 2.14. The number of nitrogens with one attached hydrogen (secondary N) is 1. The van der Waals surface area contributed by atoms with Gasteiger partial charge >= 0.3 is 0 Å². The van der Waals surface area contributed by atoms with Crippen molar-refractivity contribution >= 4 is 5.69 Å². The molecule has 1 aromatic rings. The Morgan fingerprint density at radius 2 is 2.08 bits per heavy atom. The van der Waals surface area contributed by atoms with E-state index in [0.29, 0.717) is 0 Å². The summed E-state index contributed by atoms with van der Waals surface area (Å²) in [5.74, 6) is 5.47. The van der Waals surface area contributed by atoms with Crippen LogP contribution < -0.4 is 11.3 Å². The first-order valence-corrected chi connectivity index (χ1v) is 4.07. The SMILES string of the molecule is CCc1ccccc1NN(C)N. The summed E-state index contributed by atoms with van der Waals surface area (Å²) in [4.78, 5) is 0. The zero-order valence-corrected chi connectivity index (χ0v) is 7.54. The number of anilines is 1. The van der Waals surface area contributed by atoms with Gasteiger partial charge in [0.1, 0.15) is 0 Å². The molecule has 3 nitrogen and oxygen atoms in total. The number of nitrogens with zero attached hydrogens (tertiary/aromatic N) is 1. The molecule has 1 rings (SSSR count). The lowest BCUT2D eigenvalue weighted by Gasteiger charge is -2.15. The van der Waals surface area contributed by atoms with Gasteiger partial charge in [0.25, 0.3) is 0 Å². The van der Waals surface area contributed by atoms with Crippen LogP contribution in [0.5, 0.6) is 0 Å². The fraction of sp³-hybridized carbons (Fsp3) is 0.333. The van der Waals surface area contributed by atoms with E-state index in [0.717, 1.165) is 12.1 Å². The highest BCUT2D eigenvalue weighted by Gasteiger charge is 1.98. The lowest BCUT2D eigenvalue weighted by atomic mass is 10.1. The van der Waals surface area contributed by atoms with E-state index in [4.69, 9.17) is 5.84 Å². The molecule has 3 heteroatoms. The summed E-state index contributed by atoms with van der Waals surface area (Å²) in [5, 5.41) is 1.45. The second kappa shape index (κ2) is 4.09. The Balaban J connectivity index is 2.82. The van der Waals surface area contributed by atoms with Crippen LogP contribution in [0.1, 0.15) is 12.5 Å². The molecular formula is C9H15N3. The van der Waals surface area contributed by atoms with Gasteiger partial charge < -0.3 is 5.43 Å². The maximum Gasteiger partial charge on any atom is 0.0535 e. The third kappa shape index (κ3) is 2.22. The van der Waals surface area contributed by atoms with Crippen molar-refractivity contribution in [1.82, 2.24) is 5.12 Å². The fourth-order valence-electron chi connectivity index (χ4n) is 1.13. The number of benzene rings is 1. The van der Waals surface area contributed by atoms with E-state index in [1.165, 1.54) is 10.7 Å². The first-order chi connectivity index (χ1) is 5.74. The van der Waals surface area contributed by atoms with Gasteiger partial charge in [0.15, 0.2) is 0 Å². The molecule has 0 amide bonds. The molecule has 0 saturated carbocycles. The first-order valence-electron chi connectivity index (χ1n) is 4.07. The summed E-state index contributed by atoms with van der Waals surface area (Å²) in [6.45, 7) is 2.12. The normalized spacial score (nSPS) is 10.3. The van der Waals surface area contributed by atoms with Crippen molar-refractivity contribution in [3.63, 3.8) is 0 Å². The molecule has 0 aromatic heterocycles. The van der Waals surface area contributed by atoms with Gasteiger partial charge in [-0.15, -0.1) is 0 Å². The monoisotopic (exact) mass is 165 g/mol. The van der Waals surface area contributed by atoms with Crippen molar-refractivity contribution in [3.8, 4) is 0 Å². The Morgan fingerprint density at radius 3 is 2.67 bits per heavy atom. The molecule has 0 radical (unpaired) electrons. The largest absolute Gasteiger partial charge is 0.306 e. The van der Waals surface area contributed by atoms with Crippen LogP contribution in [-0.2, 0) is 6.42 Å². The minimum Gasteiger partial charge on any atom is -0.306 e. The topological polar surface area (TPSA) is 41.3 Å². The fourth-order valence-corrected chi connectivity index (χ4v) is 1.13. The van der Waals surface area contributed by atoms with Crippen molar-refractivity contribution in [2.45, 2.75) is 13.3 Å². The van der Waals surface area contributed by atoms with Crippen LogP contribution in [0.25, 0.3) is 0 Å². The predicted octanol–water partition coefficient (Wildman–Crippen LogP) is 1.38. The molecule has 0 heterocycles. The summed E-state index contributed by atoms with van der Waals surface area (Å²) in [7, 11) is 1.77. The minimum absolute atomic E-state index is 1.01. The quantitative estimate of drug-likeness (QED) is 0.525. The average molecular weight is 165 g/mol. The van der Waals surface area contributed by atoms with Crippen molar-refractivity contribution in [2.24, 2.45) is 5.84 Å². The summed E-state index contributed by atoms with van der Waals surface area (Å²) < 4.78 is 0. The van der Waals surface area contributed by atoms with Crippen LogP contribution in [0.15, 0.2) is 24.3 Å². The molecular weight excluding hydrogens is 150 g/mol. The summed E-state index contributed by atoms with van der Waals surface area (Å²) >= 11 is 0. The molecule has 12 heavy (non-hydrogen) atoms. The molecule has 0 fully saturated rings. The van der Waals surface area contributed by atoms with Gasteiger partial charge in [-0.1, -0.05) is 25.1 Å². The first kappa shape index (κ1) is 9.03. The van der Waals surface area contributed by atoms with E-state index in [1.807, 2.05) is 18.2 Å². The number of hydrogen-bond donors (Lipinski definition) is 2. The molecule has 0 atom stereocenters. The van der Waals surface area contributed by atoms with Gasteiger partial charge in [0, 0.05) is 7.05 Å². The molecule has 0 unspecified atom stereocenters. The van der Waals surface area contributed by atoms with E-state index in [2.05, 4.69) is 18.4 Å². The van der Waals surface area contributed by atoms with E-state index in [9.17, 15) is 0 Å². The summed E-state index contributed by atoms with van der Waals surface area (Å²) in [6, 6.07) is 8.12. The molecule has 0 saturated heterocycles. The smallest absolute Gasteiger partial charge is 0.0535 e. The van der Waals surface area contributed by atoms with Crippen molar-refractivity contribution in [2.75, 3.05) is 12.5 Å². The van der Waals surface area contributed by atoms with Gasteiger partial charge in [-0.05, 0) is 18.1 Å². The molecule has 3 N–H and O–H groups in total. The van der Waals surface area contributed by atoms with Crippen LogP contribution in [0.4, 0.5) is 5.69 Å². The summed E-state index contributed by atoms with van der Waals surface area (Å²) in [6.07, 6.45) is 1.01. The molecule has 0 spiro atoms. The van der Waals surface area contributed by atoms with Gasteiger partial charge in [0.2, 0.25) is 0 Å². The van der Waals surface area contributed by atoms with Crippen LogP contribution in [0.2, 0.25) is 0 Å². The van der Waals surface area contributed by atoms with Gasteiger partial charge in [-0.3, -0.25) is 5.84 Å². The van der Waals surface area contributed by atoms with E-state index >= 15 is 0 Å². The minimum atomic E-state index is 1.01. The highest BCUT2D eigenvalue weighted by atomic mass is 15.6. The predicted molar refractivity (Wildman–Crippen MR) is 51.4 cm³/mol. The number of hydrazine groups is 2. The second-order valence-electron chi connectivity index (χ2n) is 2.73. The number of rotatable bonds is 3. The lowest BCUT2D eigenvalue weighted by Crippen LogP contribution is -2.32. The number of hydrogen-bond acceptors (Lipinski definition) is 3. The van der Waals surface area contributed by atoms with Crippen LogP contribution in [-0.4, -0.2) is 12.2 Å². The van der Waals surface area contributed by atoms with E-state index < -0.39 is 0 Å². The van der Waals surface area contributed by atoms with Crippen molar-refractivity contribution in [1.29, 1.82) is 0 Å². The zero-order valence-electron chi connectivity index (χ0n) is 7.54. The Hall–Kier alpha value is -1.06. The third-order valence-electron chi connectivity index (χ3n) is 1.70. The molecule has 0 aliphatic rings. The van der Waals surface area contributed by atoms with E-state index in [-0.39, 0.29) is 0 Å². The molecule has 0 bridgehead atoms. The number of para-hydroxylation sites is 1. The van der Waals surface area contributed by atoms with Gasteiger partial charge in [-0.25, -0.2) is 0 Å². The van der Waals surface area contributed by atoms with Crippen LogP contribution >= 0.6 is 0 Å². The van der Waals surface area contributed by atoms with E-state index in [1.54, 1.807) is 7.05 Å². The van der Waals surface area contributed by atoms with Crippen molar-refractivity contribution in [3.05, 3.63) is 29.8 Å². The molecule has 66 valence electrons. The maximum atomic E-state index is 5.47. The zero-order chi connectivity index (χ0) is 8.97. The van der Waals surface area contributed by atoms with Crippen molar-refractivity contribution < 1.29 is 0 Å². The maximum absolute atomic E-state index is 5.47. The number of nitrogens with two attached hydrogens (primary N) is 1. The second-order valence-corrected chi connectivity index (χ2v) is 2.73. The Labute approximate surface area is 73.1 Å². The third-order valence-corrected chi connectivity index (χ3v) is 1.70. The van der Waals surface area contributed by atoms with Gasteiger partial charge in [-0.2, -0.15) is 5.12 Å². The molecule has 0 aliphatic heterocycles. The Morgan fingerprint density at radius 1 is 1.42 bits per heavy atom. The standard InChI is InChI=1S/C9H15N3/c1-3-8-6-4-5-7-9(8)11-12(2)10/h4-7,11H,3,10H2,1-2H3. The molecule has 1 aromatic carbocycles. The molecule has 0 aliphatic carbocycles. The Bertz CT molecular complexity index is 245. The summed E-state index contributed by atoms with van der Waals surface area (Å²) in [5.41, 5.74) is 5.38. The number of aryl methyl sites for hydroxylation is 1. The lowest BCUT2D eigenvalue weighted by molar-refractivity contribution is 0.423. The Kier molecular flexibility index (Phi) is 3.08. The average Bonchev–Trinajstić information content (AvgIpc) is 2.04. The van der Waals surface area contributed by atoms with Crippen LogP contribution in [0, 0.1) is 0 Å². The van der Waals surface area contributed by atoms with Gasteiger partial charge in [0.05, 0.1) is 5.69 Å².